The van der Waals surface area contributed by atoms with Crippen LogP contribution in [0.2, 0.25) is 0 Å². The maximum Gasteiger partial charge on any atom is 0.184 e. The zero-order chi connectivity index (χ0) is 16.3. The molecule has 1 aliphatic carbocycles. The highest BCUT2D eigenvalue weighted by atomic mass is 19.1. The molecule has 1 heterocycles. The Kier molecular flexibility index (Phi) is 6.22. The molecule has 1 saturated heterocycles. The smallest absolute Gasteiger partial charge is 0.184 e. The van der Waals surface area contributed by atoms with Crippen LogP contribution in [0.25, 0.3) is 0 Å². The van der Waals surface area contributed by atoms with Crippen LogP contribution in [-0.2, 0) is 18.9 Å². The predicted octanol–water partition coefficient (Wildman–Crippen LogP) is 3.68. The van der Waals surface area contributed by atoms with Gasteiger partial charge in [-0.1, -0.05) is 0 Å². The average Bonchev–Trinajstić information content (AvgIpc) is 3.18. The number of ether oxygens (including phenoxy) is 4. The monoisotopic (exact) mass is 318 g/mol. The number of hydrogen-bond donors (Lipinski definition) is 0. The van der Waals surface area contributed by atoms with Crippen LogP contribution in [0.3, 0.4) is 0 Å². The summed E-state index contributed by atoms with van der Waals surface area (Å²) >= 11 is 0. The van der Waals surface area contributed by atoms with Crippen LogP contribution < -0.4 is 0 Å². The predicted molar refractivity (Wildman–Crippen MR) is 82.3 cm³/mol. The Labute approximate surface area is 133 Å². The molecule has 2 rings (SSSR count). The molecule has 6 unspecified atom stereocenters. The number of methoxy groups -OCH3 is 1. The Morgan fingerprint density at radius 2 is 2.00 bits per heavy atom. The van der Waals surface area contributed by atoms with E-state index in [4.69, 9.17) is 18.9 Å². The molecule has 5 heteroatoms. The molecular weight excluding hydrogens is 287 g/mol. The first-order valence-electron chi connectivity index (χ1n) is 8.45. The Bertz CT molecular complexity index is 344. The van der Waals surface area contributed by atoms with Crippen LogP contribution in [0.4, 0.5) is 4.39 Å². The Morgan fingerprint density at radius 3 is 2.55 bits per heavy atom. The Balaban J connectivity index is 1.78. The van der Waals surface area contributed by atoms with Crippen molar-refractivity contribution in [1.82, 2.24) is 0 Å². The van der Waals surface area contributed by atoms with Gasteiger partial charge in [0.2, 0.25) is 0 Å². The molecule has 1 saturated carbocycles. The average molecular weight is 318 g/mol. The van der Waals surface area contributed by atoms with Crippen LogP contribution in [0, 0.1) is 11.8 Å². The second-order valence-electron chi connectivity index (χ2n) is 7.40. The number of epoxide rings is 1. The normalized spacial score (nSPS) is 37.1. The summed E-state index contributed by atoms with van der Waals surface area (Å²) in [6, 6.07) is 0. The molecule has 22 heavy (non-hydrogen) atoms. The molecule has 0 bridgehead atoms. The van der Waals surface area contributed by atoms with E-state index in [0.29, 0.717) is 19.4 Å². The van der Waals surface area contributed by atoms with E-state index in [0.717, 1.165) is 12.8 Å². The minimum absolute atomic E-state index is 0.00726. The largest absolute Gasteiger partial charge is 0.356 e. The zero-order valence-electron chi connectivity index (χ0n) is 14.5. The third-order valence-corrected chi connectivity index (χ3v) is 4.47. The van der Waals surface area contributed by atoms with Crippen LogP contribution in [0.15, 0.2) is 0 Å². The van der Waals surface area contributed by atoms with Gasteiger partial charge in [0.05, 0.1) is 5.60 Å². The molecule has 0 aromatic heterocycles. The van der Waals surface area contributed by atoms with Crippen molar-refractivity contribution < 1.29 is 23.3 Å². The fourth-order valence-corrected chi connectivity index (χ4v) is 3.35. The summed E-state index contributed by atoms with van der Waals surface area (Å²) in [5, 5.41) is 0. The summed E-state index contributed by atoms with van der Waals surface area (Å²) in [5.41, 5.74) is -0.281. The van der Waals surface area contributed by atoms with E-state index in [1.165, 1.54) is 0 Å². The van der Waals surface area contributed by atoms with Crippen molar-refractivity contribution in [1.29, 1.82) is 0 Å². The van der Waals surface area contributed by atoms with Gasteiger partial charge in [-0.3, -0.25) is 0 Å². The molecule has 0 N–H and O–H groups in total. The first kappa shape index (κ1) is 18.1. The van der Waals surface area contributed by atoms with Crippen molar-refractivity contribution in [2.45, 2.75) is 83.8 Å². The molecule has 0 amide bonds. The molecule has 0 spiro atoms. The van der Waals surface area contributed by atoms with Crippen molar-refractivity contribution >= 4 is 0 Å². The van der Waals surface area contributed by atoms with Gasteiger partial charge in [0.25, 0.3) is 0 Å². The second kappa shape index (κ2) is 7.56. The van der Waals surface area contributed by atoms with Crippen LogP contribution in [0.1, 0.15) is 53.4 Å². The van der Waals surface area contributed by atoms with Crippen LogP contribution in [-0.4, -0.2) is 44.2 Å². The summed E-state index contributed by atoms with van der Waals surface area (Å²) in [7, 11) is 1.62. The van der Waals surface area contributed by atoms with Crippen molar-refractivity contribution in [2.75, 3.05) is 13.7 Å². The second-order valence-corrected chi connectivity index (χ2v) is 7.40. The summed E-state index contributed by atoms with van der Waals surface area (Å²) < 4.78 is 36.7. The van der Waals surface area contributed by atoms with Gasteiger partial charge >= 0.3 is 0 Å². The molecule has 130 valence electrons. The van der Waals surface area contributed by atoms with E-state index in [1.54, 1.807) is 7.11 Å². The lowest BCUT2D eigenvalue weighted by atomic mass is 9.77. The Morgan fingerprint density at radius 1 is 1.27 bits per heavy atom. The van der Waals surface area contributed by atoms with Crippen molar-refractivity contribution in [3.63, 3.8) is 0 Å². The maximum absolute atomic E-state index is 14.5. The SMILES string of the molecule is CCOC1OC1C1CCC(CC(OC)OC(C)(C)C)C(F)C1. The van der Waals surface area contributed by atoms with Gasteiger partial charge in [0, 0.05) is 20.1 Å². The summed E-state index contributed by atoms with van der Waals surface area (Å²) in [6.07, 6.45) is 1.87. The molecule has 4 nitrogen and oxygen atoms in total. The number of hydrogen-bond acceptors (Lipinski definition) is 4. The maximum atomic E-state index is 14.5. The van der Waals surface area contributed by atoms with Gasteiger partial charge in [0.15, 0.2) is 12.6 Å². The van der Waals surface area contributed by atoms with E-state index in [9.17, 15) is 4.39 Å². The fourth-order valence-electron chi connectivity index (χ4n) is 3.35. The minimum Gasteiger partial charge on any atom is -0.356 e. The standard InChI is InChI=1S/C17H31FO4/c1-6-20-16-15(21-16)12-8-7-11(13(18)9-12)10-14(19-5)22-17(2,3)4/h11-16H,6-10H2,1-5H3. The van der Waals surface area contributed by atoms with Crippen molar-refractivity contribution in [3.8, 4) is 0 Å². The van der Waals surface area contributed by atoms with Crippen molar-refractivity contribution in [2.24, 2.45) is 11.8 Å². The third-order valence-electron chi connectivity index (χ3n) is 4.47. The molecule has 2 fully saturated rings. The van der Waals surface area contributed by atoms with E-state index in [1.807, 2.05) is 27.7 Å². The van der Waals surface area contributed by atoms with Gasteiger partial charge in [-0.15, -0.1) is 0 Å². The van der Waals surface area contributed by atoms with E-state index in [-0.39, 0.29) is 36.1 Å². The van der Waals surface area contributed by atoms with Gasteiger partial charge in [-0.05, 0) is 58.8 Å². The first-order valence-corrected chi connectivity index (χ1v) is 8.45. The zero-order valence-corrected chi connectivity index (χ0v) is 14.5. The summed E-state index contributed by atoms with van der Waals surface area (Å²) in [4.78, 5) is 0. The summed E-state index contributed by atoms with van der Waals surface area (Å²) in [5.74, 6) is 0.292. The lowest BCUT2D eigenvalue weighted by Crippen LogP contribution is -2.35. The van der Waals surface area contributed by atoms with Gasteiger partial charge in [-0.2, -0.15) is 0 Å². The minimum atomic E-state index is -0.813. The lowest BCUT2D eigenvalue weighted by molar-refractivity contribution is -0.193. The molecule has 1 aliphatic heterocycles. The summed E-state index contributed by atoms with van der Waals surface area (Å²) in [6.45, 7) is 8.56. The molecule has 0 aromatic carbocycles. The quantitative estimate of drug-likeness (QED) is 0.530. The van der Waals surface area contributed by atoms with E-state index >= 15 is 0 Å². The molecule has 0 aromatic rings. The van der Waals surface area contributed by atoms with Crippen molar-refractivity contribution in [3.05, 3.63) is 0 Å². The van der Waals surface area contributed by atoms with E-state index < -0.39 is 6.17 Å². The highest BCUT2D eigenvalue weighted by Crippen LogP contribution is 2.43. The topological polar surface area (TPSA) is 40.2 Å². The third kappa shape index (κ3) is 5.15. The molecular formula is C17H31FO4. The van der Waals surface area contributed by atoms with Gasteiger partial charge in [0.1, 0.15) is 12.3 Å². The first-order chi connectivity index (χ1) is 10.3. The van der Waals surface area contributed by atoms with Crippen LogP contribution in [0.5, 0.6) is 0 Å². The number of rotatable bonds is 7. The lowest BCUT2D eigenvalue weighted by Gasteiger charge is -2.34. The molecule has 0 radical (unpaired) electrons. The van der Waals surface area contributed by atoms with Gasteiger partial charge < -0.3 is 18.9 Å². The highest BCUT2D eigenvalue weighted by Gasteiger charge is 2.48. The number of alkyl halides is 1. The Hall–Kier alpha value is -0.230. The van der Waals surface area contributed by atoms with Crippen LogP contribution >= 0.6 is 0 Å². The van der Waals surface area contributed by atoms with E-state index in [2.05, 4.69) is 0 Å². The fraction of sp³-hybridized carbons (Fsp3) is 1.00. The molecule has 6 atom stereocenters. The highest BCUT2D eigenvalue weighted by molar-refractivity contribution is 4.91. The van der Waals surface area contributed by atoms with Gasteiger partial charge in [-0.25, -0.2) is 4.39 Å². The number of halogens is 1. The molecule has 2 aliphatic rings.